The Labute approximate surface area is 345 Å². The van der Waals surface area contributed by atoms with E-state index in [9.17, 15) is 43.8 Å². The minimum Gasteiger partial charge on any atom is -0.481 e. The molecule has 60 heavy (non-hydrogen) atoms. The quantitative estimate of drug-likeness (QED) is 0.0292. The molecule has 1 atom stereocenters. The van der Waals surface area contributed by atoms with Gasteiger partial charge < -0.3 is 48.5 Å². The molecule has 0 aliphatic carbocycles. The predicted octanol–water partition coefficient (Wildman–Crippen LogP) is 4.33. The van der Waals surface area contributed by atoms with E-state index >= 15 is 0 Å². The number of hydrogen-bond donors (Lipinski definition) is 5. The number of carbonyl (C=O) groups is 7. The van der Waals surface area contributed by atoms with E-state index in [1.165, 1.54) is 48.5 Å². The summed E-state index contributed by atoms with van der Waals surface area (Å²) >= 11 is 0. The summed E-state index contributed by atoms with van der Waals surface area (Å²) < 4.78 is 37.0. The number of carboxylic acid groups (broad SMARTS) is 3. The summed E-state index contributed by atoms with van der Waals surface area (Å²) in [6.07, 6.45) is -3.92. The van der Waals surface area contributed by atoms with Gasteiger partial charge >= 0.3 is 42.2 Å². The Morgan fingerprint density at radius 3 is 1.68 bits per heavy atom. The van der Waals surface area contributed by atoms with Crippen molar-refractivity contribution in [2.24, 2.45) is 4.99 Å². The lowest BCUT2D eigenvalue weighted by molar-refractivity contribution is -0.149. The van der Waals surface area contributed by atoms with Crippen LogP contribution in [-0.4, -0.2) is 132 Å². The zero-order valence-electron chi connectivity index (χ0n) is 34.2. The summed E-state index contributed by atoms with van der Waals surface area (Å²) in [4.78, 5) is 89.4. The molecule has 0 radical (unpaired) electrons. The molecule has 0 spiro atoms. The van der Waals surface area contributed by atoms with Crippen molar-refractivity contribution in [3.05, 3.63) is 59.7 Å². The fraction of sp³-hybridized carbons (Fsp3) is 0.487. The Bertz CT molecular complexity index is 1750. The number of carbonyl (C=O) groups excluding carboxylic acids is 4. The van der Waals surface area contributed by atoms with Crippen molar-refractivity contribution in [1.82, 2.24) is 15.5 Å². The maximum Gasteiger partial charge on any atom is 0.414 e. The third-order valence-electron chi connectivity index (χ3n) is 7.02. The number of nitrogens with zero attached hydrogens (tertiary/aromatic N) is 2. The summed E-state index contributed by atoms with van der Waals surface area (Å²) in [7, 11) is 0. The molecule has 2 rings (SSSR count). The van der Waals surface area contributed by atoms with Crippen LogP contribution in [0.15, 0.2) is 53.5 Å². The highest BCUT2D eigenvalue weighted by Gasteiger charge is 2.33. The molecule has 0 aliphatic heterocycles. The van der Waals surface area contributed by atoms with E-state index in [0.717, 1.165) is 4.90 Å². The molecule has 3 amide bonds. The number of aliphatic imine (C=N–C) groups is 1. The second-order valence-electron chi connectivity index (χ2n) is 14.5. The second-order valence-corrected chi connectivity index (χ2v) is 14.5. The van der Waals surface area contributed by atoms with Crippen molar-refractivity contribution in [3.8, 4) is 5.75 Å². The molecular formula is C39H52N4O17. The third-order valence-corrected chi connectivity index (χ3v) is 7.02. The molecule has 0 aromatic heterocycles. The lowest BCUT2D eigenvalue weighted by atomic mass is 10.2. The molecule has 21 heteroatoms. The molecule has 0 aliphatic rings. The van der Waals surface area contributed by atoms with Crippen LogP contribution in [0.5, 0.6) is 5.75 Å². The number of ether oxygens (including phenoxy) is 7. The standard InChI is InChI=1S/C39H52N4O17/c1-38(2,3)59-35(51)41-34(42-36(52)60-39(4,5)6)40-27-11-9-26(10-12-27)33(50)58-28-13-7-25(8-14-28)24-57-37(53)43(29(32(48)49)23-31(46)47)16-18-55-20-22-56-21-19-54-17-15-30(44)45/h7-14,29H,15-24H2,1-6H3,(H,44,45)(H,46,47)(H,48,49)(H2,40,41,42,51,52). The van der Waals surface area contributed by atoms with Crippen LogP contribution in [0.3, 0.4) is 0 Å². The summed E-state index contributed by atoms with van der Waals surface area (Å²) in [5, 5.41) is 32.2. The van der Waals surface area contributed by atoms with E-state index in [1.54, 1.807) is 41.5 Å². The molecular weight excluding hydrogens is 796 g/mol. The van der Waals surface area contributed by atoms with Crippen LogP contribution >= 0.6 is 0 Å². The van der Waals surface area contributed by atoms with Crippen LogP contribution in [0.1, 0.15) is 70.3 Å². The highest BCUT2D eigenvalue weighted by molar-refractivity contribution is 6.02. The SMILES string of the molecule is CC(C)(C)OC(=O)NC(=Nc1ccc(C(=O)Oc2ccc(COC(=O)N(CCOCCOCCOCCC(=O)O)C(CC(=O)O)C(=O)O)cc2)cc1)NC(=O)OC(C)(C)C. The minimum absolute atomic E-state index is 0.0415. The number of aliphatic carboxylic acids is 3. The Morgan fingerprint density at radius 2 is 1.20 bits per heavy atom. The van der Waals surface area contributed by atoms with Gasteiger partial charge in [-0.15, -0.1) is 0 Å². The molecule has 2 aromatic rings. The van der Waals surface area contributed by atoms with E-state index in [1.807, 2.05) is 0 Å². The van der Waals surface area contributed by atoms with Crippen LogP contribution in [0.4, 0.5) is 20.1 Å². The Morgan fingerprint density at radius 1 is 0.683 bits per heavy atom. The van der Waals surface area contributed by atoms with E-state index in [0.29, 0.717) is 5.56 Å². The average Bonchev–Trinajstić information content (AvgIpc) is 3.12. The summed E-state index contributed by atoms with van der Waals surface area (Å²) in [6, 6.07) is 9.74. The van der Waals surface area contributed by atoms with Gasteiger partial charge in [0.2, 0.25) is 5.96 Å². The number of amides is 3. The van der Waals surface area contributed by atoms with Gasteiger partial charge in [-0.2, -0.15) is 0 Å². The van der Waals surface area contributed by atoms with Crippen LogP contribution in [0.25, 0.3) is 0 Å². The normalized spacial score (nSPS) is 11.6. The number of benzene rings is 2. The Hall–Kier alpha value is -6.32. The molecule has 5 N–H and O–H groups in total. The average molecular weight is 849 g/mol. The van der Waals surface area contributed by atoms with Gasteiger partial charge in [-0.25, -0.2) is 29.0 Å². The van der Waals surface area contributed by atoms with Crippen molar-refractivity contribution < 1.29 is 82.0 Å². The largest absolute Gasteiger partial charge is 0.481 e. The van der Waals surface area contributed by atoms with Crippen molar-refractivity contribution >= 4 is 53.8 Å². The fourth-order valence-electron chi connectivity index (χ4n) is 4.47. The number of carboxylic acids is 3. The third kappa shape index (κ3) is 21.4. The number of rotatable bonds is 21. The highest BCUT2D eigenvalue weighted by Crippen LogP contribution is 2.19. The first-order valence-electron chi connectivity index (χ1n) is 18.4. The summed E-state index contributed by atoms with van der Waals surface area (Å²) in [6.45, 7) is 9.67. The molecule has 0 bridgehead atoms. The molecule has 0 fully saturated rings. The fourth-order valence-corrected chi connectivity index (χ4v) is 4.47. The van der Waals surface area contributed by atoms with E-state index in [2.05, 4.69) is 15.6 Å². The second kappa shape index (κ2) is 24.6. The van der Waals surface area contributed by atoms with Crippen LogP contribution in [0.2, 0.25) is 0 Å². The molecule has 21 nitrogen and oxygen atoms in total. The van der Waals surface area contributed by atoms with Crippen LogP contribution in [0, 0.1) is 0 Å². The van der Waals surface area contributed by atoms with E-state index in [4.69, 9.17) is 38.3 Å². The van der Waals surface area contributed by atoms with Gasteiger partial charge in [0.15, 0.2) is 0 Å². The number of guanidine groups is 1. The summed E-state index contributed by atoms with van der Waals surface area (Å²) in [5.41, 5.74) is -0.892. The molecule has 0 saturated heterocycles. The number of hydrogen-bond acceptors (Lipinski definition) is 15. The van der Waals surface area contributed by atoms with Gasteiger partial charge in [-0.1, -0.05) is 12.1 Å². The smallest absolute Gasteiger partial charge is 0.414 e. The lowest BCUT2D eigenvalue weighted by Crippen LogP contribution is -2.48. The molecule has 330 valence electrons. The molecule has 0 saturated carbocycles. The maximum atomic E-state index is 13.0. The maximum absolute atomic E-state index is 13.0. The number of esters is 1. The first kappa shape index (κ1) is 49.8. The zero-order valence-corrected chi connectivity index (χ0v) is 34.2. The van der Waals surface area contributed by atoms with Gasteiger partial charge in [-0.05, 0) is 83.5 Å². The first-order chi connectivity index (χ1) is 28.1. The van der Waals surface area contributed by atoms with Gasteiger partial charge in [0, 0.05) is 6.54 Å². The molecule has 0 heterocycles. The molecule has 1 unspecified atom stereocenters. The topological polar surface area (TPSA) is 284 Å². The van der Waals surface area contributed by atoms with E-state index in [-0.39, 0.29) is 82.2 Å². The van der Waals surface area contributed by atoms with Gasteiger partial charge in [-0.3, -0.25) is 25.1 Å². The number of alkyl carbamates (subject to hydrolysis) is 2. The van der Waals surface area contributed by atoms with Crippen LogP contribution < -0.4 is 15.4 Å². The highest BCUT2D eigenvalue weighted by atomic mass is 16.6. The number of nitrogens with one attached hydrogen (secondary N) is 2. The van der Waals surface area contributed by atoms with Gasteiger partial charge in [0.1, 0.15) is 29.6 Å². The predicted molar refractivity (Wildman–Crippen MR) is 209 cm³/mol. The Kier molecular flexibility index (Phi) is 20.4. The van der Waals surface area contributed by atoms with Crippen LogP contribution in [-0.2, 0) is 49.4 Å². The van der Waals surface area contributed by atoms with Gasteiger partial charge in [0.05, 0.1) is 63.7 Å². The minimum atomic E-state index is -1.76. The summed E-state index contributed by atoms with van der Waals surface area (Å²) in [5.74, 6) is -4.91. The molecule has 2 aromatic carbocycles. The van der Waals surface area contributed by atoms with Crippen molar-refractivity contribution in [2.75, 3.05) is 46.2 Å². The van der Waals surface area contributed by atoms with Crippen molar-refractivity contribution in [3.63, 3.8) is 0 Å². The Balaban J connectivity index is 2.00. The zero-order chi connectivity index (χ0) is 44.9. The lowest BCUT2D eigenvalue weighted by Gasteiger charge is -2.27. The van der Waals surface area contributed by atoms with Crippen molar-refractivity contribution in [1.29, 1.82) is 0 Å². The van der Waals surface area contributed by atoms with Gasteiger partial charge in [0.25, 0.3) is 0 Å². The first-order valence-corrected chi connectivity index (χ1v) is 18.4. The monoisotopic (exact) mass is 848 g/mol. The van der Waals surface area contributed by atoms with E-state index < -0.39 is 65.8 Å². The van der Waals surface area contributed by atoms with Crippen molar-refractivity contribution in [2.45, 2.75) is 78.2 Å².